The molecule has 0 fully saturated rings. The van der Waals surface area contributed by atoms with Crippen molar-refractivity contribution in [2.45, 2.75) is 148 Å². The van der Waals surface area contributed by atoms with Crippen molar-refractivity contribution in [3.05, 3.63) is 60.8 Å². The van der Waals surface area contributed by atoms with Gasteiger partial charge in [0, 0.05) is 12.8 Å². The Kier molecular flexibility index (Phi) is 31.1. The van der Waals surface area contributed by atoms with Crippen LogP contribution in [0.3, 0.4) is 0 Å². The van der Waals surface area contributed by atoms with Crippen molar-refractivity contribution in [1.29, 1.82) is 0 Å². The number of unbranched alkanes of at least 4 members (excludes halogenated alkanes) is 11. The standard InChI is InChI=1S/C37H63O8P/c1-3-5-7-9-11-13-14-15-16-17-18-19-20-21-22-24-26-28-30-32-37(39)45-35(34-44-46(40,41)42)33-43-36(38)31-29-27-25-23-12-10-8-6-4-2/h11,13,15-16,18-19,21-22,26,28,35H,3-10,12,14,17,20,23-25,27,29-34H2,1-2H3,(H2,40,41,42)/b13-11+,16-15+,19-18+,22-21+,28-26+/t35-/m1/s1. The third kappa shape index (κ3) is 34.6. The van der Waals surface area contributed by atoms with Gasteiger partial charge in [0.1, 0.15) is 6.61 Å². The summed E-state index contributed by atoms with van der Waals surface area (Å²) in [5.74, 6) is -0.989. The molecule has 0 heterocycles. The molecule has 0 aromatic carbocycles. The summed E-state index contributed by atoms with van der Waals surface area (Å²) in [6.07, 6.45) is 39.6. The molecule has 264 valence electrons. The summed E-state index contributed by atoms with van der Waals surface area (Å²) in [5, 5.41) is 0. The highest BCUT2D eigenvalue weighted by Crippen LogP contribution is 2.35. The van der Waals surface area contributed by atoms with Gasteiger partial charge >= 0.3 is 19.8 Å². The Morgan fingerprint density at radius 3 is 1.54 bits per heavy atom. The Morgan fingerprint density at radius 2 is 1.02 bits per heavy atom. The second-order valence-electron chi connectivity index (χ2n) is 11.5. The van der Waals surface area contributed by atoms with Crippen molar-refractivity contribution in [2.24, 2.45) is 0 Å². The van der Waals surface area contributed by atoms with Crippen molar-refractivity contribution in [3.63, 3.8) is 0 Å². The van der Waals surface area contributed by atoms with E-state index >= 15 is 0 Å². The molecule has 0 unspecified atom stereocenters. The summed E-state index contributed by atoms with van der Waals surface area (Å²) < 4.78 is 26.1. The Hall–Kier alpha value is -2.25. The molecule has 2 N–H and O–H groups in total. The Morgan fingerprint density at radius 1 is 0.565 bits per heavy atom. The molecule has 0 radical (unpaired) electrons. The van der Waals surface area contributed by atoms with E-state index in [2.05, 4.69) is 67.0 Å². The summed E-state index contributed by atoms with van der Waals surface area (Å²) in [6.45, 7) is 3.54. The molecule has 0 saturated heterocycles. The van der Waals surface area contributed by atoms with E-state index in [1.54, 1.807) is 0 Å². The van der Waals surface area contributed by atoms with Gasteiger partial charge < -0.3 is 19.3 Å². The van der Waals surface area contributed by atoms with E-state index in [-0.39, 0.29) is 19.4 Å². The molecule has 1 atom stereocenters. The van der Waals surface area contributed by atoms with Crippen LogP contribution in [-0.2, 0) is 28.2 Å². The van der Waals surface area contributed by atoms with Crippen LogP contribution >= 0.6 is 7.82 Å². The molecular formula is C37H63O8P. The molecule has 0 aliphatic carbocycles. The molecule has 0 amide bonds. The lowest BCUT2D eigenvalue weighted by Crippen LogP contribution is -2.29. The van der Waals surface area contributed by atoms with Gasteiger partial charge in [0.05, 0.1) is 6.61 Å². The predicted octanol–water partition coefficient (Wildman–Crippen LogP) is 10.2. The predicted molar refractivity (Wildman–Crippen MR) is 188 cm³/mol. The third-order valence-electron chi connectivity index (χ3n) is 7.05. The number of phosphoric acid groups is 1. The van der Waals surface area contributed by atoms with E-state index in [4.69, 9.17) is 19.3 Å². The minimum Gasteiger partial charge on any atom is -0.462 e. The topological polar surface area (TPSA) is 119 Å². The molecule has 0 bridgehead atoms. The fourth-order valence-electron chi connectivity index (χ4n) is 4.41. The second-order valence-corrected chi connectivity index (χ2v) is 12.7. The first-order chi connectivity index (χ1) is 22.3. The SMILES string of the molecule is CCCCC/C=C/C/C=C/C/C=C/C/C=C/C/C=C/CCC(=O)O[C@H](COC(=O)CCCCCCCCCCC)COP(=O)(O)O. The minimum atomic E-state index is -4.76. The van der Waals surface area contributed by atoms with Gasteiger partial charge in [-0.1, -0.05) is 139 Å². The monoisotopic (exact) mass is 666 g/mol. The van der Waals surface area contributed by atoms with Crippen LogP contribution in [0, 0.1) is 0 Å². The average Bonchev–Trinajstić information content (AvgIpc) is 3.02. The highest BCUT2D eigenvalue weighted by molar-refractivity contribution is 7.46. The number of hydrogen-bond donors (Lipinski definition) is 2. The van der Waals surface area contributed by atoms with Crippen LogP contribution in [-0.4, -0.2) is 41.0 Å². The Labute approximate surface area is 279 Å². The maximum atomic E-state index is 12.3. The molecule has 0 aromatic rings. The van der Waals surface area contributed by atoms with Gasteiger partial charge in [0.2, 0.25) is 0 Å². The lowest BCUT2D eigenvalue weighted by Gasteiger charge is -2.18. The molecule has 0 aliphatic heterocycles. The maximum Gasteiger partial charge on any atom is 0.469 e. The van der Waals surface area contributed by atoms with Crippen molar-refractivity contribution >= 4 is 19.8 Å². The largest absolute Gasteiger partial charge is 0.469 e. The summed E-state index contributed by atoms with van der Waals surface area (Å²) in [4.78, 5) is 42.4. The summed E-state index contributed by atoms with van der Waals surface area (Å²) >= 11 is 0. The van der Waals surface area contributed by atoms with Crippen LogP contribution in [0.15, 0.2) is 60.8 Å². The highest BCUT2D eigenvalue weighted by atomic mass is 31.2. The van der Waals surface area contributed by atoms with Gasteiger partial charge in [-0.25, -0.2) is 4.57 Å². The van der Waals surface area contributed by atoms with Crippen LogP contribution < -0.4 is 0 Å². The van der Waals surface area contributed by atoms with Crippen molar-refractivity contribution < 1.29 is 37.9 Å². The second kappa shape index (κ2) is 32.7. The van der Waals surface area contributed by atoms with E-state index < -0.39 is 32.5 Å². The van der Waals surface area contributed by atoms with Crippen LogP contribution in [0.25, 0.3) is 0 Å². The third-order valence-corrected chi connectivity index (χ3v) is 7.54. The van der Waals surface area contributed by atoms with Crippen molar-refractivity contribution in [1.82, 2.24) is 0 Å². The molecule has 0 spiro atoms. The molecule has 0 rings (SSSR count). The fourth-order valence-corrected chi connectivity index (χ4v) is 4.77. The summed E-state index contributed by atoms with van der Waals surface area (Å²) in [5.41, 5.74) is 0. The lowest BCUT2D eigenvalue weighted by molar-refractivity contribution is -0.161. The number of ether oxygens (including phenoxy) is 2. The van der Waals surface area contributed by atoms with Crippen molar-refractivity contribution in [2.75, 3.05) is 13.2 Å². The number of carbonyl (C=O) groups excluding carboxylic acids is 2. The first-order valence-electron chi connectivity index (χ1n) is 17.6. The Balaban J connectivity index is 4.15. The number of allylic oxidation sites excluding steroid dienone is 10. The van der Waals surface area contributed by atoms with Gasteiger partial charge in [-0.3, -0.25) is 14.1 Å². The zero-order valence-electron chi connectivity index (χ0n) is 28.7. The maximum absolute atomic E-state index is 12.3. The van der Waals surface area contributed by atoms with E-state index in [1.807, 2.05) is 12.2 Å². The first kappa shape index (κ1) is 43.8. The van der Waals surface area contributed by atoms with Gasteiger partial charge in [0.25, 0.3) is 0 Å². The molecule has 9 heteroatoms. The van der Waals surface area contributed by atoms with E-state index in [0.717, 1.165) is 44.9 Å². The first-order valence-corrected chi connectivity index (χ1v) is 19.1. The number of carbonyl (C=O) groups is 2. The quantitative estimate of drug-likeness (QED) is 0.0325. The van der Waals surface area contributed by atoms with Crippen molar-refractivity contribution in [3.8, 4) is 0 Å². The lowest BCUT2D eigenvalue weighted by atomic mass is 10.1. The number of hydrogen-bond acceptors (Lipinski definition) is 6. The normalized spacial score (nSPS) is 13.2. The van der Waals surface area contributed by atoms with Crippen LogP contribution in [0.2, 0.25) is 0 Å². The van der Waals surface area contributed by atoms with Crippen LogP contribution in [0.4, 0.5) is 0 Å². The highest BCUT2D eigenvalue weighted by Gasteiger charge is 2.22. The molecule has 8 nitrogen and oxygen atoms in total. The smallest absolute Gasteiger partial charge is 0.462 e. The number of esters is 2. The van der Waals surface area contributed by atoms with Gasteiger partial charge in [-0.05, 0) is 51.4 Å². The van der Waals surface area contributed by atoms with E-state index in [0.29, 0.717) is 12.8 Å². The molecule has 0 aliphatic rings. The van der Waals surface area contributed by atoms with Gasteiger partial charge in [0.15, 0.2) is 6.10 Å². The fraction of sp³-hybridized carbons (Fsp3) is 0.676. The zero-order chi connectivity index (χ0) is 34.0. The molecule has 0 saturated carbocycles. The van der Waals surface area contributed by atoms with Crippen LogP contribution in [0.5, 0.6) is 0 Å². The minimum absolute atomic E-state index is 0.0872. The molecular weight excluding hydrogens is 603 g/mol. The van der Waals surface area contributed by atoms with E-state index in [1.165, 1.54) is 57.8 Å². The number of phosphoric ester groups is 1. The zero-order valence-corrected chi connectivity index (χ0v) is 29.6. The molecule has 0 aromatic heterocycles. The average molecular weight is 667 g/mol. The van der Waals surface area contributed by atoms with Gasteiger partial charge in [-0.15, -0.1) is 0 Å². The number of rotatable bonds is 31. The van der Waals surface area contributed by atoms with Crippen LogP contribution in [0.1, 0.15) is 142 Å². The summed E-state index contributed by atoms with van der Waals surface area (Å²) in [6, 6.07) is 0. The summed E-state index contributed by atoms with van der Waals surface area (Å²) in [7, 11) is -4.76. The molecule has 46 heavy (non-hydrogen) atoms. The Bertz CT molecular complexity index is 932. The van der Waals surface area contributed by atoms with E-state index in [9.17, 15) is 14.2 Å². The van der Waals surface area contributed by atoms with Gasteiger partial charge in [-0.2, -0.15) is 0 Å².